The molecule has 0 bridgehead atoms. The van der Waals surface area contributed by atoms with Gasteiger partial charge in [0.15, 0.2) is 0 Å². The van der Waals surface area contributed by atoms with Crippen LogP contribution in [0.25, 0.3) is 0 Å². The van der Waals surface area contributed by atoms with Crippen LogP contribution in [0, 0.1) is 0 Å². The molecule has 0 atom stereocenters. The molecule has 0 saturated heterocycles. The van der Waals surface area contributed by atoms with E-state index in [0.717, 1.165) is 6.07 Å². The van der Waals surface area contributed by atoms with Gasteiger partial charge in [-0.3, -0.25) is 0 Å². The summed E-state index contributed by atoms with van der Waals surface area (Å²) in [7, 11) is -3.70. The van der Waals surface area contributed by atoms with E-state index in [1.54, 1.807) is 0 Å². The Morgan fingerprint density at radius 1 is 1.53 bits per heavy atom. The zero-order valence-electron chi connectivity index (χ0n) is 8.68. The van der Waals surface area contributed by atoms with E-state index < -0.39 is 16.0 Å². The van der Waals surface area contributed by atoms with Crippen LogP contribution in [0.3, 0.4) is 0 Å². The number of halogens is 1. The smallest absolute Gasteiger partial charge is 0.336 e. The number of rotatable bonds is 5. The highest BCUT2D eigenvalue weighted by Gasteiger charge is 2.17. The van der Waals surface area contributed by atoms with Crippen molar-refractivity contribution in [2.75, 3.05) is 6.54 Å². The van der Waals surface area contributed by atoms with Crippen molar-refractivity contribution in [2.24, 2.45) is 0 Å². The largest absolute Gasteiger partial charge is 0.478 e. The van der Waals surface area contributed by atoms with Crippen molar-refractivity contribution in [3.8, 4) is 0 Å². The molecule has 0 aromatic heterocycles. The van der Waals surface area contributed by atoms with E-state index in [2.05, 4.69) is 27.2 Å². The van der Waals surface area contributed by atoms with Gasteiger partial charge in [-0.05, 0) is 34.1 Å². The molecule has 17 heavy (non-hydrogen) atoms. The second-order valence-corrected chi connectivity index (χ2v) is 5.71. The highest BCUT2D eigenvalue weighted by atomic mass is 79.9. The lowest BCUT2D eigenvalue weighted by Crippen LogP contribution is -2.23. The van der Waals surface area contributed by atoms with E-state index in [1.165, 1.54) is 18.2 Å². The second-order valence-electron chi connectivity index (χ2n) is 3.09. The van der Waals surface area contributed by atoms with Crippen molar-refractivity contribution >= 4 is 31.9 Å². The average molecular weight is 320 g/mol. The van der Waals surface area contributed by atoms with Crippen LogP contribution in [0.15, 0.2) is 40.2 Å². The summed E-state index contributed by atoms with van der Waals surface area (Å²) in [4.78, 5) is 10.8. The first-order valence-corrected chi connectivity index (χ1v) is 6.79. The summed E-state index contributed by atoms with van der Waals surface area (Å²) in [5, 5.41) is 8.87. The number of nitrogens with one attached hydrogen (secondary N) is 1. The minimum atomic E-state index is -3.70. The number of carboxylic acids is 1. The first-order valence-electron chi connectivity index (χ1n) is 4.52. The third-order valence-electron chi connectivity index (χ3n) is 1.90. The quantitative estimate of drug-likeness (QED) is 0.808. The van der Waals surface area contributed by atoms with Crippen molar-refractivity contribution < 1.29 is 18.3 Å². The number of carboxylic acid groups (broad SMARTS) is 1. The van der Waals surface area contributed by atoms with Gasteiger partial charge in [0.1, 0.15) is 0 Å². The Balaban J connectivity index is 3.20. The fourth-order valence-corrected chi connectivity index (χ4v) is 2.53. The molecule has 1 aromatic carbocycles. The topological polar surface area (TPSA) is 83.5 Å². The Morgan fingerprint density at radius 3 is 2.71 bits per heavy atom. The second kappa shape index (κ2) is 5.44. The van der Waals surface area contributed by atoms with Crippen molar-refractivity contribution in [3.05, 3.63) is 40.9 Å². The van der Waals surface area contributed by atoms with Crippen molar-refractivity contribution in [2.45, 2.75) is 4.90 Å². The molecular weight excluding hydrogens is 310 g/mol. The monoisotopic (exact) mass is 319 g/mol. The summed E-state index contributed by atoms with van der Waals surface area (Å²) < 4.78 is 26.0. The lowest BCUT2D eigenvalue weighted by atomic mass is 10.2. The zero-order chi connectivity index (χ0) is 13.1. The summed E-state index contributed by atoms with van der Waals surface area (Å²) in [5.74, 6) is -1.20. The van der Waals surface area contributed by atoms with Crippen LogP contribution in [0.5, 0.6) is 0 Å². The Hall–Kier alpha value is -1.18. The number of hydrogen-bond acceptors (Lipinski definition) is 3. The van der Waals surface area contributed by atoms with E-state index in [-0.39, 0.29) is 17.0 Å². The average Bonchev–Trinajstić information content (AvgIpc) is 2.26. The maximum atomic E-state index is 11.7. The standard InChI is InChI=1S/C10H10BrNO4S/c1-2-5-12-17(15,16)7-3-4-9(11)8(6-7)10(13)14/h2-4,6,12H,1,5H2,(H,13,14). The summed E-state index contributed by atoms with van der Waals surface area (Å²) in [6, 6.07) is 3.80. The minimum Gasteiger partial charge on any atom is -0.478 e. The Labute approximate surface area is 107 Å². The van der Waals surface area contributed by atoms with Crippen LogP contribution >= 0.6 is 15.9 Å². The molecule has 0 radical (unpaired) electrons. The normalized spacial score (nSPS) is 11.1. The molecule has 7 heteroatoms. The van der Waals surface area contributed by atoms with E-state index >= 15 is 0 Å². The van der Waals surface area contributed by atoms with Crippen LogP contribution in [-0.2, 0) is 10.0 Å². The van der Waals surface area contributed by atoms with Gasteiger partial charge in [-0.2, -0.15) is 0 Å². The lowest BCUT2D eigenvalue weighted by Gasteiger charge is -2.06. The molecule has 0 fully saturated rings. The Kier molecular flexibility index (Phi) is 4.44. The lowest BCUT2D eigenvalue weighted by molar-refractivity contribution is 0.0695. The van der Waals surface area contributed by atoms with Gasteiger partial charge in [0, 0.05) is 11.0 Å². The molecule has 1 aromatic rings. The molecule has 1 rings (SSSR count). The molecule has 92 valence electrons. The van der Waals surface area contributed by atoms with Gasteiger partial charge in [0.05, 0.1) is 10.5 Å². The SMILES string of the molecule is C=CCNS(=O)(=O)c1ccc(Br)c(C(=O)O)c1. The highest BCUT2D eigenvalue weighted by molar-refractivity contribution is 9.10. The summed E-state index contributed by atoms with van der Waals surface area (Å²) in [6.07, 6.45) is 1.40. The number of hydrogen-bond donors (Lipinski definition) is 2. The van der Waals surface area contributed by atoms with Crippen LogP contribution in [-0.4, -0.2) is 26.0 Å². The molecule has 0 heterocycles. The molecule has 0 aliphatic rings. The molecule has 5 nitrogen and oxygen atoms in total. The van der Waals surface area contributed by atoms with Gasteiger partial charge >= 0.3 is 5.97 Å². The van der Waals surface area contributed by atoms with Crippen LogP contribution in [0.4, 0.5) is 0 Å². The van der Waals surface area contributed by atoms with E-state index in [1.807, 2.05) is 0 Å². The molecular formula is C10H10BrNO4S. The van der Waals surface area contributed by atoms with Gasteiger partial charge in [0.25, 0.3) is 0 Å². The van der Waals surface area contributed by atoms with Gasteiger partial charge in [-0.25, -0.2) is 17.9 Å². The number of sulfonamides is 1. The van der Waals surface area contributed by atoms with Gasteiger partial charge in [-0.1, -0.05) is 6.08 Å². The Morgan fingerprint density at radius 2 is 2.18 bits per heavy atom. The fourth-order valence-electron chi connectivity index (χ4n) is 1.09. The fraction of sp³-hybridized carbons (Fsp3) is 0.100. The highest BCUT2D eigenvalue weighted by Crippen LogP contribution is 2.20. The van der Waals surface area contributed by atoms with Gasteiger partial charge in [0.2, 0.25) is 10.0 Å². The molecule has 0 unspecified atom stereocenters. The van der Waals surface area contributed by atoms with E-state index in [4.69, 9.17) is 5.11 Å². The van der Waals surface area contributed by atoms with E-state index in [0.29, 0.717) is 4.47 Å². The first-order chi connectivity index (χ1) is 7.88. The third-order valence-corrected chi connectivity index (χ3v) is 4.01. The molecule has 2 N–H and O–H groups in total. The van der Waals surface area contributed by atoms with Crippen LogP contribution < -0.4 is 4.72 Å². The number of aromatic carboxylic acids is 1. The van der Waals surface area contributed by atoms with Crippen molar-refractivity contribution in [3.63, 3.8) is 0 Å². The molecule has 0 amide bonds. The predicted octanol–water partition coefficient (Wildman–Crippen LogP) is 1.61. The number of benzene rings is 1. The maximum absolute atomic E-state index is 11.7. The van der Waals surface area contributed by atoms with Gasteiger partial charge in [-0.15, -0.1) is 6.58 Å². The summed E-state index contributed by atoms with van der Waals surface area (Å²) >= 11 is 3.04. The molecule has 0 aliphatic heterocycles. The van der Waals surface area contributed by atoms with Crippen molar-refractivity contribution in [1.29, 1.82) is 0 Å². The minimum absolute atomic E-state index is 0.0841. The van der Waals surface area contributed by atoms with Crippen LogP contribution in [0.1, 0.15) is 10.4 Å². The molecule has 0 aliphatic carbocycles. The molecule has 0 saturated carbocycles. The third kappa shape index (κ3) is 3.39. The zero-order valence-corrected chi connectivity index (χ0v) is 11.1. The first kappa shape index (κ1) is 13.9. The summed E-state index contributed by atoms with van der Waals surface area (Å²) in [5.41, 5.74) is -0.105. The van der Waals surface area contributed by atoms with Crippen molar-refractivity contribution in [1.82, 2.24) is 4.72 Å². The number of carbonyl (C=O) groups is 1. The molecule has 0 spiro atoms. The Bertz CT molecular complexity index is 553. The summed E-state index contributed by atoms with van der Waals surface area (Å²) in [6.45, 7) is 3.47. The predicted molar refractivity (Wildman–Crippen MR) is 66.5 cm³/mol. The maximum Gasteiger partial charge on any atom is 0.336 e. The van der Waals surface area contributed by atoms with E-state index in [9.17, 15) is 13.2 Å². The van der Waals surface area contributed by atoms with Gasteiger partial charge < -0.3 is 5.11 Å². The van der Waals surface area contributed by atoms with Crippen LogP contribution in [0.2, 0.25) is 0 Å².